The van der Waals surface area contributed by atoms with E-state index in [1.54, 1.807) is 16.2 Å². The second-order valence-corrected chi connectivity index (χ2v) is 8.50. The summed E-state index contributed by atoms with van der Waals surface area (Å²) in [5.74, 6) is -0.684. The van der Waals surface area contributed by atoms with Gasteiger partial charge in [0, 0.05) is 21.5 Å². The highest BCUT2D eigenvalue weighted by molar-refractivity contribution is 7.12. The van der Waals surface area contributed by atoms with E-state index in [0.717, 1.165) is 27.4 Å². The molecule has 3 aromatic rings. The number of hydrogen-bond acceptors (Lipinski definition) is 5. The first kappa shape index (κ1) is 18.7. The predicted octanol–water partition coefficient (Wildman–Crippen LogP) is 4.87. The first-order valence-corrected chi connectivity index (χ1v) is 10.8. The van der Waals surface area contributed by atoms with Crippen molar-refractivity contribution in [3.8, 4) is 0 Å². The zero-order valence-electron chi connectivity index (χ0n) is 15.3. The number of esters is 1. The largest absolute Gasteiger partial charge is 0.452 e. The number of rotatable bonds is 5. The molecule has 28 heavy (non-hydrogen) atoms. The summed E-state index contributed by atoms with van der Waals surface area (Å²) in [6.07, 6.45) is 2.63. The van der Waals surface area contributed by atoms with Crippen molar-refractivity contribution in [2.24, 2.45) is 0 Å². The Balaban J connectivity index is 1.49. The highest BCUT2D eigenvalue weighted by Gasteiger charge is 2.31. The number of benzene rings is 1. The Labute approximate surface area is 171 Å². The van der Waals surface area contributed by atoms with Gasteiger partial charge in [-0.1, -0.05) is 30.3 Å². The Morgan fingerprint density at radius 3 is 2.64 bits per heavy atom. The molecule has 0 unspecified atom stereocenters. The Hall–Kier alpha value is -2.70. The van der Waals surface area contributed by atoms with E-state index in [2.05, 4.69) is 0 Å². The van der Waals surface area contributed by atoms with Crippen molar-refractivity contribution < 1.29 is 14.3 Å². The number of ether oxygens (including phenoxy) is 1. The zero-order chi connectivity index (χ0) is 19.5. The number of thiophene rings is 2. The van der Waals surface area contributed by atoms with Crippen LogP contribution >= 0.6 is 22.7 Å². The van der Waals surface area contributed by atoms with Gasteiger partial charge < -0.3 is 9.64 Å². The fraction of sp³-hybridized carbons (Fsp3) is 0.182. The quantitative estimate of drug-likeness (QED) is 0.446. The van der Waals surface area contributed by atoms with E-state index < -0.39 is 5.97 Å². The molecule has 0 N–H and O–H groups in total. The number of carbonyl (C=O) groups is 2. The van der Waals surface area contributed by atoms with Gasteiger partial charge >= 0.3 is 5.97 Å². The number of para-hydroxylation sites is 1. The maximum atomic E-state index is 12.8. The van der Waals surface area contributed by atoms with E-state index in [1.165, 1.54) is 11.3 Å². The summed E-state index contributed by atoms with van der Waals surface area (Å²) in [6, 6.07) is 15.6. The molecule has 0 spiro atoms. The van der Waals surface area contributed by atoms with Crippen LogP contribution in [0.1, 0.15) is 22.2 Å². The molecule has 3 heterocycles. The molecule has 0 saturated carbocycles. The minimum atomic E-state index is -0.482. The van der Waals surface area contributed by atoms with Gasteiger partial charge in [0.05, 0.1) is 5.57 Å². The van der Waals surface area contributed by atoms with E-state index in [9.17, 15) is 9.59 Å². The van der Waals surface area contributed by atoms with Crippen LogP contribution in [-0.2, 0) is 20.7 Å². The maximum absolute atomic E-state index is 12.8. The predicted molar refractivity (Wildman–Crippen MR) is 115 cm³/mol. The monoisotopic (exact) mass is 409 g/mol. The van der Waals surface area contributed by atoms with E-state index in [1.807, 2.05) is 72.3 Å². The van der Waals surface area contributed by atoms with Crippen molar-refractivity contribution in [1.29, 1.82) is 0 Å². The fourth-order valence-electron chi connectivity index (χ4n) is 3.40. The van der Waals surface area contributed by atoms with Crippen molar-refractivity contribution >= 4 is 51.9 Å². The molecule has 0 radical (unpaired) electrons. The number of nitrogens with zero attached hydrogens (tertiary/aromatic N) is 1. The lowest BCUT2D eigenvalue weighted by molar-refractivity contribution is -0.142. The molecule has 4 nitrogen and oxygen atoms in total. The van der Waals surface area contributed by atoms with E-state index in [4.69, 9.17) is 4.74 Å². The van der Waals surface area contributed by atoms with Crippen LogP contribution in [0.15, 0.2) is 59.3 Å². The van der Waals surface area contributed by atoms with Gasteiger partial charge in [0.15, 0.2) is 6.61 Å². The van der Waals surface area contributed by atoms with Crippen LogP contribution in [-0.4, -0.2) is 24.5 Å². The SMILES string of the molecule is C[C@H]1Cc2ccccc2N1C(=O)COC(=O)/C(=C/c1cccs1)c1cccs1. The molecule has 0 fully saturated rings. The first-order chi connectivity index (χ1) is 13.6. The molecule has 1 aromatic carbocycles. The lowest BCUT2D eigenvalue weighted by atomic mass is 10.1. The number of carbonyl (C=O) groups excluding carboxylic acids is 2. The molecule has 1 atom stereocenters. The second-order valence-electron chi connectivity index (χ2n) is 6.57. The average Bonchev–Trinajstić information content (AvgIpc) is 3.43. The summed E-state index contributed by atoms with van der Waals surface area (Å²) >= 11 is 3.02. The third-order valence-electron chi connectivity index (χ3n) is 4.64. The summed E-state index contributed by atoms with van der Waals surface area (Å²) in [5.41, 5.74) is 2.52. The highest BCUT2D eigenvalue weighted by Crippen LogP contribution is 2.32. The maximum Gasteiger partial charge on any atom is 0.340 e. The number of amides is 1. The van der Waals surface area contributed by atoms with Crippen molar-refractivity contribution in [2.75, 3.05) is 11.5 Å². The van der Waals surface area contributed by atoms with Gasteiger partial charge in [-0.25, -0.2) is 4.79 Å². The van der Waals surface area contributed by atoms with Gasteiger partial charge in [0.25, 0.3) is 5.91 Å². The normalized spacial score (nSPS) is 16.1. The molecule has 0 aliphatic carbocycles. The zero-order valence-corrected chi connectivity index (χ0v) is 17.0. The van der Waals surface area contributed by atoms with Gasteiger partial charge in [-0.05, 0) is 53.9 Å². The lowest BCUT2D eigenvalue weighted by Gasteiger charge is -2.22. The summed E-state index contributed by atoms with van der Waals surface area (Å²) < 4.78 is 5.43. The van der Waals surface area contributed by atoms with Crippen molar-refractivity contribution in [3.05, 3.63) is 74.6 Å². The molecule has 142 valence electrons. The third kappa shape index (κ3) is 3.79. The standard InChI is InChI=1S/C22H19NO3S2/c1-15-12-16-6-2-3-8-19(16)23(15)21(24)14-26-22(25)18(20-9-5-11-28-20)13-17-7-4-10-27-17/h2-11,13,15H,12,14H2,1H3/b18-13+/t15-/m0/s1. The number of anilines is 1. The molecule has 1 aliphatic heterocycles. The topological polar surface area (TPSA) is 46.6 Å². The van der Waals surface area contributed by atoms with Gasteiger partial charge in [-0.15, -0.1) is 22.7 Å². The molecule has 0 bridgehead atoms. The minimum Gasteiger partial charge on any atom is -0.452 e. The summed E-state index contributed by atoms with van der Waals surface area (Å²) in [4.78, 5) is 29.1. The van der Waals surface area contributed by atoms with Crippen LogP contribution in [0.4, 0.5) is 5.69 Å². The van der Waals surface area contributed by atoms with Crippen LogP contribution in [0.2, 0.25) is 0 Å². The van der Waals surface area contributed by atoms with Crippen molar-refractivity contribution in [3.63, 3.8) is 0 Å². The van der Waals surface area contributed by atoms with Gasteiger partial charge in [-0.3, -0.25) is 4.79 Å². The molecular weight excluding hydrogens is 390 g/mol. The fourth-order valence-corrected chi connectivity index (χ4v) is 4.79. The molecule has 0 saturated heterocycles. The van der Waals surface area contributed by atoms with Crippen LogP contribution in [0.5, 0.6) is 0 Å². The Bertz CT molecular complexity index is 1010. The van der Waals surface area contributed by atoms with Crippen LogP contribution in [0.3, 0.4) is 0 Å². The molecule has 2 aromatic heterocycles. The Kier molecular flexibility index (Phi) is 5.41. The third-order valence-corrected chi connectivity index (χ3v) is 6.36. The molecular formula is C22H19NO3S2. The highest BCUT2D eigenvalue weighted by atomic mass is 32.1. The molecule has 1 amide bonds. The van der Waals surface area contributed by atoms with E-state index in [-0.39, 0.29) is 18.6 Å². The molecule has 6 heteroatoms. The lowest BCUT2D eigenvalue weighted by Crippen LogP contribution is -2.38. The van der Waals surface area contributed by atoms with Crippen LogP contribution < -0.4 is 4.90 Å². The smallest absolute Gasteiger partial charge is 0.340 e. The van der Waals surface area contributed by atoms with E-state index >= 15 is 0 Å². The van der Waals surface area contributed by atoms with Crippen molar-refractivity contribution in [1.82, 2.24) is 0 Å². The summed E-state index contributed by atoms with van der Waals surface area (Å²) in [6.45, 7) is 1.73. The van der Waals surface area contributed by atoms with Gasteiger partial charge in [0.2, 0.25) is 0 Å². The molecule has 1 aliphatic rings. The van der Waals surface area contributed by atoms with Crippen molar-refractivity contribution in [2.45, 2.75) is 19.4 Å². The number of fused-ring (bicyclic) bond motifs is 1. The summed E-state index contributed by atoms with van der Waals surface area (Å²) in [5, 5.41) is 3.87. The van der Waals surface area contributed by atoms with Crippen LogP contribution in [0, 0.1) is 0 Å². The number of hydrogen-bond donors (Lipinski definition) is 0. The second kappa shape index (κ2) is 8.12. The summed E-state index contributed by atoms with van der Waals surface area (Å²) in [7, 11) is 0. The average molecular weight is 410 g/mol. The first-order valence-electron chi connectivity index (χ1n) is 8.99. The minimum absolute atomic E-state index is 0.0574. The van der Waals surface area contributed by atoms with Gasteiger partial charge in [-0.2, -0.15) is 0 Å². The van der Waals surface area contributed by atoms with E-state index in [0.29, 0.717) is 5.57 Å². The van der Waals surface area contributed by atoms with Crippen LogP contribution in [0.25, 0.3) is 11.6 Å². The Morgan fingerprint density at radius 1 is 1.11 bits per heavy atom. The molecule has 4 rings (SSSR count). The van der Waals surface area contributed by atoms with Gasteiger partial charge in [0.1, 0.15) is 0 Å². The Morgan fingerprint density at radius 2 is 1.89 bits per heavy atom.